The van der Waals surface area contributed by atoms with Crippen molar-refractivity contribution in [2.24, 2.45) is 0 Å². The van der Waals surface area contributed by atoms with Crippen molar-refractivity contribution in [2.75, 3.05) is 0 Å². The van der Waals surface area contributed by atoms with E-state index in [0.717, 1.165) is 11.3 Å². The lowest BCUT2D eigenvalue weighted by Gasteiger charge is -1.99. The molecule has 0 radical (unpaired) electrons. The number of hydrogen-bond acceptors (Lipinski definition) is 1. The van der Waals surface area contributed by atoms with E-state index in [4.69, 9.17) is 0 Å². The van der Waals surface area contributed by atoms with Gasteiger partial charge in [-0.15, -0.1) is 0 Å². The predicted molar refractivity (Wildman–Crippen MR) is 51.6 cm³/mol. The molecular formula is C11H8FNO. The van der Waals surface area contributed by atoms with Crippen LogP contribution in [0.15, 0.2) is 36.5 Å². The first-order valence-electron chi connectivity index (χ1n) is 4.20. The zero-order valence-electron chi connectivity index (χ0n) is 7.33. The van der Waals surface area contributed by atoms with Crippen LogP contribution in [0.2, 0.25) is 0 Å². The van der Waals surface area contributed by atoms with Crippen molar-refractivity contribution in [3.8, 4) is 11.3 Å². The number of benzene rings is 1. The summed E-state index contributed by atoms with van der Waals surface area (Å²) in [6.45, 7) is 0. The number of aromatic nitrogens is 1. The highest BCUT2D eigenvalue weighted by Crippen LogP contribution is 2.19. The van der Waals surface area contributed by atoms with Crippen molar-refractivity contribution in [1.29, 1.82) is 0 Å². The Morgan fingerprint density at radius 3 is 2.71 bits per heavy atom. The second-order valence-corrected chi connectivity index (χ2v) is 2.94. The first-order chi connectivity index (χ1) is 6.81. The fourth-order valence-corrected chi connectivity index (χ4v) is 1.30. The van der Waals surface area contributed by atoms with E-state index < -0.39 is 5.82 Å². The summed E-state index contributed by atoms with van der Waals surface area (Å²) in [7, 11) is 0. The molecule has 1 N–H and O–H groups in total. The molecule has 0 saturated carbocycles. The Morgan fingerprint density at radius 1 is 1.29 bits per heavy atom. The van der Waals surface area contributed by atoms with E-state index in [0.29, 0.717) is 6.29 Å². The molecule has 0 unspecified atom stereocenters. The van der Waals surface area contributed by atoms with Crippen molar-refractivity contribution in [3.63, 3.8) is 0 Å². The molecule has 2 rings (SSSR count). The van der Waals surface area contributed by atoms with E-state index in [1.807, 2.05) is 12.1 Å². The Hall–Kier alpha value is -1.90. The lowest BCUT2D eigenvalue weighted by molar-refractivity contribution is 0.112. The number of rotatable bonds is 2. The normalized spacial score (nSPS) is 10.1. The Labute approximate surface area is 80.4 Å². The zero-order chi connectivity index (χ0) is 9.97. The number of carbonyl (C=O) groups is 1. The van der Waals surface area contributed by atoms with Crippen molar-refractivity contribution >= 4 is 6.29 Å². The third-order valence-corrected chi connectivity index (χ3v) is 2.04. The smallest absolute Gasteiger partial charge is 0.152 e. The second-order valence-electron chi connectivity index (χ2n) is 2.94. The van der Waals surface area contributed by atoms with Crippen LogP contribution in [0.5, 0.6) is 0 Å². The molecule has 0 saturated heterocycles. The molecule has 0 aliphatic carbocycles. The molecule has 1 heterocycles. The summed E-state index contributed by atoms with van der Waals surface area (Å²) in [5.74, 6) is -0.493. The monoisotopic (exact) mass is 189 g/mol. The van der Waals surface area contributed by atoms with E-state index in [1.165, 1.54) is 12.1 Å². The van der Waals surface area contributed by atoms with Crippen LogP contribution in [0.1, 0.15) is 10.4 Å². The second kappa shape index (κ2) is 3.46. The van der Waals surface area contributed by atoms with Crippen molar-refractivity contribution in [3.05, 3.63) is 47.9 Å². The van der Waals surface area contributed by atoms with Crippen molar-refractivity contribution in [1.82, 2.24) is 4.98 Å². The average molecular weight is 189 g/mol. The van der Waals surface area contributed by atoms with Crippen LogP contribution in [-0.4, -0.2) is 11.3 Å². The molecule has 3 heteroatoms. The molecule has 0 atom stereocenters. The van der Waals surface area contributed by atoms with Crippen LogP contribution in [-0.2, 0) is 0 Å². The number of H-pyrrole nitrogens is 1. The van der Waals surface area contributed by atoms with E-state index in [-0.39, 0.29) is 5.56 Å². The minimum atomic E-state index is -0.493. The van der Waals surface area contributed by atoms with Gasteiger partial charge < -0.3 is 4.98 Å². The van der Waals surface area contributed by atoms with Gasteiger partial charge >= 0.3 is 0 Å². The van der Waals surface area contributed by atoms with Gasteiger partial charge in [-0.25, -0.2) is 4.39 Å². The molecule has 0 aliphatic rings. The van der Waals surface area contributed by atoms with Gasteiger partial charge in [0, 0.05) is 17.5 Å². The number of carbonyl (C=O) groups excluding carboxylic acids is 1. The highest BCUT2D eigenvalue weighted by Gasteiger charge is 2.03. The molecule has 0 aliphatic heterocycles. The van der Waals surface area contributed by atoms with Gasteiger partial charge in [-0.2, -0.15) is 0 Å². The number of halogens is 1. The maximum atomic E-state index is 13.2. The van der Waals surface area contributed by atoms with Crippen molar-refractivity contribution < 1.29 is 9.18 Å². The van der Waals surface area contributed by atoms with E-state index in [1.54, 1.807) is 12.3 Å². The minimum absolute atomic E-state index is 0.0836. The van der Waals surface area contributed by atoms with E-state index in [2.05, 4.69) is 4.98 Å². The van der Waals surface area contributed by atoms with Gasteiger partial charge in [-0.3, -0.25) is 4.79 Å². The van der Waals surface area contributed by atoms with Crippen LogP contribution in [0.4, 0.5) is 4.39 Å². The Bertz CT molecular complexity index is 448. The highest BCUT2D eigenvalue weighted by molar-refractivity contribution is 5.77. The summed E-state index contributed by atoms with van der Waals surface area (Å²) in [6, 6.07) is 8.20. The molecule has 2 nitrogen and oxygen atoms in total. The van der Waals surface area contributed by atoms with E-state index in [9.17, 15) is 9.18 Å². The summed E-state index contributed by atoms with van der Waals surface area (Å²) in [4.78, 5) is 13.3. The molecule has 70 valence electrons. The van der Waals surface area contributed by atoms with Gasteiger partial charge in [0.15, 0.2) is 6.29 Å². The topological polar surface area (TPSA) is 32.9 Å². The van der Waals surface area contributed by atoms with Gasteiger partial charge in [0.25, 0.3) is 0 Å². The molecule has 2 aromatic rings. The standard InChI is InChI=1S/C11H8FNO/c12-10-6-8(3-4-9(10)7-14)11-2-1-5-13-11/h1-7,13H. The first-order valence-corrected chi connectivity index (χ1v) is 4.20. The lowest BCUT2D eigenvalue weighted by atomic mass is 10.1. The third-order valence-electron chi connectivity index (χ3n) is 2.04. The third kappa shape index (κ3) is 1.44. The lowest BCUT2D eigenvalue weighted by Crippen LogP contribution is -1.88. The predicted octanol–water partition coefficient (Wildman–Crippen LogP) is 2.63. The average Bonchev–Trinajstić information content (AvgIpc) is 2.70. The fraction of sp³-hybridized carbons (Fsp3) is 0. The number of nitrogens with one attached hydrogen (secondary N) is 1. The molecule has 0 bridgehead atoms. The van der Waals surface area contributed by atoms with Gasteiger partial charge in [0.1, 0.15) is 5.82 Å². The molecule has 0 fully saturated rings. The quantitative estimate of drug-likeness (QED) is 0.724. The van der Waals surface area contributed by atoms with Crippen LogP contribution in [0.25, 0.3) is 11.3 Å². The number of aldehydes is 1. The molecule has 1 aromatic carbocycles. The number of hydrogen-bond donors (Lipinski definition) is 1. The zero-order valence-corrected chi connectivity index (χ0v) is 7.33. The maximum absolute atomic E-state index is 13.2. The van der Waals surface area contributed by atoms with Gasteiger partial charge in [-0.05, 0) is 24.3 Å². The van der Waals surface area contributed by atoms with Gasteiger partial charge in [0.05, 0.1) is 5.56 Å². The summed E-state index contributed by atoms with van der Waals surface area (Å²) >= 11 is 0. The van der Waals surface area contributed by atoms with Gasteiger partial charge in [-0.1, -0.05) is 6.07 Å². The molecule has 1 aromatic heterocycles. The number of aromatic amines is 1. The Kier molecular flexibility index (Phi) is 2.14. The van der Waals surface area contributed by atoms with Crippen LogP contribution in [0.3, 0.4) is 0 Å². The molecule has 0 spiro atoms. The molecular weight excluding hydrogens is 181 g/mol. The summed E-state index contributed by atoms with van der Waals surface area (Å²) < 4.78 is 13.2. The highest BCUT2D eigenvalue weighted by atomic mass is 19.1. The summed E-state index contributed by atoms with van der Waals surface area (Å²) in [5, 5.41) is 0. The fourth-order valence-electron chi connectivity index (χ4n) is 1.30. The summed E-state index contributed by atoms with van der Waals surface area (Å²) in [6.07, 6.45) is 2.27. The maximum Gasteiger partial charge on any atom is 0.152 e. The van der Waals surface area contributed by atoms with Crippen LogP contribution in [0, 0.1) is 5.82 Å². The molecule has 0 amide bonds. The first kappa shape index (κ1) is 8.69. The van der Waals surface area contributed by atoms with Crippen LogP contribution >= 0.6 is 0 Å². The van der Waals surface area contributed by atoms with E-state index >= 15 is 0 Å². The SMILES string of the molecule is O=Cc1ccc(-c2ccc[nH]2)cc1F. The summed E-state index contributed by atoms with van der Waals surface area (Å²) in [5.41, 5.74) is 1.65. The molecule has 14 heavy (non-hydrogen) atoms. The Morgan fingerprint density at radius 2 is 2.14 bits per heavy atom. The van der Waals surface area contributed by atoms with Gasteiger partial charge in [0.2, 0.25) is 0 Å². The Balaban J connectivity index is 2.48. The van der Waals surface area contributed by atoms with Crippen LogP contribution < -0.4 is 0 Å². The van der Waals surface area contributed by atoms with Crippen molar-refractivity contribution in [2.45, 2.75) is 0 Å². The largest absolute Gasteiger partial charge is 0.361 e. The minimum Gasteiger partial charge on any atom is -0.361 e.